The largest absolute Gasteiger partial charge is 0.370 e. The first-order valence-electron chi connectivity index (χ1n) is 6.79. The molecule has 24 heavy (non-hydrogen) atoms. The third-order valence-corrected chi connectivity index (χ3v) is 3.88. The molecule has 2 heterocycles. The molecular weight excluding hydrogens is 326 g/mol. The van der Waals surface area contributed by atoms with Crippen molar-refractivity contribution >= 4 is 23.3 Å². The van der Waals surface area contributed by atoms with E-state index < -0.39 is 45.8 Å². The smallest absolute Gasteiger partial charge is 0.325 e. The summed E-state index contributed by atoms with van der Waals surface area (Å²) in [6, 6.07) is 0. The quantitative estimate of drug-likeness (QED) is 0.513. The van der Waals surface area contributed by atoms with Gasteiger partial charge in [0.15, 0.2) is 17.3 Å². The fraction of sp³-hybridized carbons (Fsp3) is 0.462. The Balaban J connectivity index is 2.63. The number of carbonyl (C=O) groups excluding carboxylic acids is 4. The summed E-state index contributed by atoms with van der Waals surface area (Å²) in [5, 5.41) is 0. The molecule has 128 valence electrons. The maximum atomic E-state index is 12.3. The highest BCUT2D eigenvalue weighted by atomic mass is 16.7. The maximum Gasteiger partial charge on any atom is 0.370 e. The normalized spacial score (nSPS) is 12.8. The summed E-state index contributed by atoms with van der Waals surface area (Å²) in [5.41, 5.74) is -6.12. The van der Waals surface area contributed by atoms with Gasteiger partial charge in [-0.25, -0.2) is 28.3 Å². The molecular formula is C13H13N3O8. The zero-order valence-electron chi connectivity index (χ0n) is 13.0. The van der Waals surface area contributed by atoms with Crippen LogP contribution in [0.1, 0.15) is 20.8 Å². The molecule has 2 bridgehead atoms. The molecule has 0 atom stereocenters. The molecule has 1 aromatic rings. The first-order valence-corrected chi connectivity index (χ1v) is 6.79. The van der Waals surface area contributed by atoms with Gasteiger partial charge in [0, 0.05) is 0 Å². The van der Waals surface area contributed by atoms with E-state index in [1.54, 1.807) is 0 Å². The SMILES string of the molecule is CC(=O)C(C(C)=O)(C(C)=O)C(=O)On1c(=O)n2c(=O)n(c1=O)CC2. The van der Waals surface area contributed by atoms with Crippen LogP contribution in [0.25, 0.3) is 0 Å². The second-order valence-corrected chi connectivity index (χ2v) is 5.24. The highest BCUT2D eigenvalue weighted by Gasteiger charge is 2.55. The summed E-state index contributed by atoms with van der Waals surface area (Å²) in [6.45, 7) is 2.34. The van der Waals surface area contributed by atoms with Crippen LogP contribution in [0.3, 0.4) is 0 Å². The highest BCUT2D eigenvalue weighted by Crippen LogP contribution is 2.22. The van der Waals surface area contributed by atoms with Crippen LogP contribution in [0.5, 0.6) is 0 Å². The molecule has 0 saturated carbocycles. The number of rotatable bonds is 5. The van der Waals surface area contributed by atoms with Crippen molar-refractivity contribution in [3.05, 3.63) is 31.5 Å². The van der Waals surface area contributed by atoms with Crippen LogP contribution in [0.2, 0.25) is 0 Å². The van der Waals surface area contributed by atoms with Crippen molar-refractivity contribution in [2.75, 3.05) is 0 Å². The summed E-state index contributed by atoms with van der Waals surface area (Å²) in [4.78, 5) is 87.9. The highest BCUT2D eigenvalue weighted by molar-refractivity contribution is 6.36. The summed E-state index contributed by atoms with van der Waals surface area (Å²) >= 11 is 0. The lowest BCUT2D eigenvalue weighted by molar-refractivity contribution is -0.167. The molecule has 0 unspecified atom stereocenters. The zero-order valence-corrected chi connectivity index (χ0v) is 13.0. The second kappa shape index (κ2) is 5.51. The monoisotopic (exact) mass is 339 g/mol. The van der Waals surface area contributed by atoms with Gasteiger partial charge in [-0.2, -0.15) is 0 Å². The fourth-order valence-electron chi connectivity index (χ4n) is 2.60. The number of fused-ring (bicyclic) bond motifs is 2. The van der Waals surface area contributed by atoms with Crippen LogP contribution in [-0.4, -0.2) is 37.2 Å². The number of Topliss-reactive ketones (excluding diaryl/α,β-unsaturated/α-hetero) is 3. The van der Waals surface area contributed by atoms with E-state index in [-0.39, 0.29) is 17.8 Å². The van der Waals surface area contributed by atoms with E-state index in [9.17, 15) is 33.6 Å². The molecule has 11 nitrogen and oxygen atoms in total. The van der Waals surface area contributed by atoms with E-state index in [0.717, 1.165) is 20.8 Å². The van der Waals surface area contributed by atoms with Gasteiger partial charge < -0.3 is 4.84 Å². The molecule has 0 N–H and O–H groups in total. The molecule has 0 amide bonds. The number of hydrogen-bond acceptors (Lipinski definition) is 8. The van der Waals surface area contributed by atoms with Crippen LogP contribution >= 0.6 is 0 Å². The summed E-state index contributed by atoms with van der Waals surface area (Å²) < 4.78 is 1.25. The third-order valence-electron chi connectivity index (χ3n) is 3.88. The maximum absolute atomic E-state index is 12.3. The molecule has 1 aliphatic heterocycles. The van der Waals surface area contributed by atoms with Gasteiger partial charge in [0.2, 0.25) is 5.41 Å². The lowest BCUT2D eigenvalue weighted by atomic mass is 9.77. The number of hydrogen-bond donors (Lipinski definition) is 0. The number of ketones is 3. The third kappa shape index (κ3) is 2.08. The van der Waals surface area contributed by atoms with E-state index in [4.69, 9.17) is 0 Å². The Bertz CT molecular complexity index is 883. The minimum atomic E-state index is -2.77. The van der Waals surface area contributed by atoms with E-state index in [1.807, 2.05) is 0 Å². The van der Waals surface area contributed by atoms with Gasteiger partial charge in [0.1, 0.15) is 0 Å². The van der Waals surface area contributed by atoms with Crippen LogP contribution in [0, 0.1) is 5.41 Å². The van der Waals surface area contributed by atoms with E-state index in [2.05, 4.69) is 4.84 Å². The molecule has 0 fully saturated rings. The number of aromatic nitrogens is 3. The predicted molar refractivity (Wildman–Crippen MR) is 75.3 cm³/mol. The molecule has 0 aromatic carbocycles. The molecule has 0 saturated heterocycles. The van der Waals surface area contributed by atoms with Crippen molar-refractivity contribution < 1.29 is 24.0 Å². The van der Waals surface area contributed by atoms with Crippen LogP contribution in [0.4, 0.5) is 0 Å². The molecule has 0 spiro atoms. The Morgan fingerprint density at radius 2 is 1.17 bits per heavy atom. The van der Waals surface area contributed by atoms with Crippen LogP contribution < -0.4 is 21.9 Å². The molecule has 11 heteroatoms. The average molecular weight is 339 g/mol. The van der Waals surface area contributed by atoms with Gasteiger partial charge in [0.05, 0.1) is 13.1 Å². The Hall–Kier alpha value is -3.11. The van der Waals surface area contributed by atoms with Crippen molar-refractivity contribution in [3.63, 3.8) is 0 Å². The van der Waals surface area contributed by atoms with Gasteiger partial charge in [-0.3, -0.25) is 14.4 Å². The Labute approximate surface area is 133 Å². The van der Waals surface area contributed by atoms with E-state index >= 15 is 0 Å². The second-order valence-electron chi connectivity index (χ2n) is 5.24. The van der Waals surface area contributed by atoms with Gasteiger partial charge in [-0.05, 0) is 20.8 Å². The van der Waals surface area contributed by atoms with Gasteiger partial charge >= 0.3 is 23.0 Å². The van der Waals surface area contributed by atoms with Gasteiger partial charge in [0.25, 0.3) is 0 Å². The molecule has 0 aliphatic carbocycles. The van der Waals surface area contributed by atoms with Crippen LogP contribution in [-0.2, 0) is 32.3 Å². The van der Waals surface area contributed by atoms with E-state index in [1.165, 1.54) is 0 Å². The van der Waals surface area contributed by atoms with Crippen molar-refractivity contribution in [2.45, 2.75) is 33.9 Å². The van der Waals surface area contributed by atoms with Gasteiger partial charge in [-0.1, -0.05) is 4.73 Å². The average Bonchev–Trinajstić information content (AvgIpc) is 2.78. The van der Waals surface area contributed by atoms with Gasteiger partial charge in [-0.15, -0.1) is 0 Å². The van der Waals surface area contributed by atoms with Crippen molar-refractivity contribution in [2.24, 2.45) is 5.41 Å². The first-order chi connectivity index (χ1) is 11.1. The summed E-state index contributed by atoms with van der Waals surface area (Å²) in [7, 11) is 0. The van der Waals surface area contributed by atoms with Crippen molar-refractivity contribution in [1.29, 1.82) is 0 Å². The standard InChI is InChI=1S/C13H13N3O8/c1-6(17)13(7(2)18,8(3)19)9(20)24-16-11(22)14-4-5-15(10(14)21)12(16)23/h4-5H2,1-3H3. The Kier molecular flexibility index (Phi) is 3.96. The predicted octanol–water partition coefficient (Wildman–Crippen LogP) is -3.11. The van der Waals surface area contributed by atoms with Crippen LogP contribution in [0.15, 0.2) is 14.4 Å². The molecule has 1 aliphatic rings. The minimum Gasteiger partial charge on any atom is -0.325 e. The topological polar surface area (TPSA) is 144 Å². The zero-order chi connectivity index (χ0) is 18.4. The van der Waals surface area contributed by atoms with E-state index in [0.29, 0.717) is 9.13 Å². The first kappa shape index (κ1) is 17.2. The number of carbonyl (C=O) groups is 4. The summed E-state index contributed by atoms with van der Waals surface area (Å²) in [6.07, 6.45) is 0. The lowest BCUT2D eigenvalue weighted by Crippen LogP contribution is -2.58. The molecule has 0 radical (unpaired) electrons. The molecule has 2 rings (SSSR count). The lowest BCUT2D eigenvalue weighted by Gasteiger charge is -2.22. The van der Waals surface area contributed by atoms with Crippen molar-refractivity contribution in [1.82, 2.24) is 13.9 Å². The Morgan fingerprint density at radius 1 is 0.792 bits per heavy atom. The summed E-state index contributed by atoms with van der Waals surface area (Å²) in [5.74, 6) is -5.00. The Morgan fingerprint density at radius 3 is 1.50 bits per heavy atom. The fourth-order valence-corrected chi connectivity index (χ4v) is 2.60. The number of nitrogens with zero attached hydrogens (tertiary/aromatic N) is 3. The minimum absolute atomic E-state index is 0.0414. The molecule has 1 aromatic heterocycles. The van der Waals surface area contributed by atoms with Crippen molar-refractivity contribution in [3.8, 4) is 0 Å².